The van der Waals surface area contributed by atoms with Crippen molar-refractivity contribution in [2.45, 2.75) is 27.3 Å². The van der Waals surface area contributed by atoms with Gasteiger partial charge in [-0.15, -0.1) is 0 Å². The normalized spacial score (nSPS) is 10.6. The SMILES string of the molecule is CCOc1cc(C(=O)N(CCOC)Cc2ccsc2)cc(OCC)c1OCC. The molecule has 0 aliphatic rings. The first-order chi connectivity index (χ1) is 13.6. The molecular weight excluding hydrogens is 378 g/mol. The molecule has 28 heavy (non-hydrogen) atoms. The van der Waals surface area contributed by atoms with Crippen LogP contribution < -0.4 is 14.2 Å². The molecule has 0 unspecified atom stereocenters. The zero-order valence-electron chi connectivity index (χ0n) is 17.0. The van der Waals surface area contributed by atoms with Crippen molar-refractivity contribution in [1.29, 1.82) is 0 Å². The molecule has 0 aliphatic heterocycles. The molecule has 0 atom stereocenters. The number of carbonyl (C=O) groups excluding carboxylic acids is 1. The van der Waals surface area contributed by atoms with E-state index in [9.17, 15) is 4.79 Å². The Bertz CT molecular complexity index is 705. The Morgan fingerprint density at radius 1 is 1.04 bits per heavy atom. The van der Waals surface area contributed by atoms with Crippen LogP contribution in [0.3, 0.4) is 0 Å². The molecule has 1 aromatic carbocycles. The average Bonchev–Trinajstić information content (AvgIpc) is 3.20. The summed E-state index contributed by atoms with van der Waals surface area (Å²) in [5.74, 6) is 1.46. The zero-order valence-corrected chi connectivity index (χ0v) is 17.8. The lowest BCUT2D eigenvalue weighted by Gasteiger charge is -2.23. The molecule has 0 fully saturated rings. The first-order valence-corrected chi connectivity index (χ1v) is 10.4. The third-order valence-corrected chi connectivity index (χ3v) is 4.69. The highest BCUT2D eigenvalue weighted by molar-refractivity contribution is 7.07. The smallest absolute Gasteiger partial charge is 0.254 e. The maximum Gasteiger partial charge on any atom is 0.254 e. The van der Waals surface area contributed by atoms with Crippen molar-refractivity contribution >= 4 is 17.2 Å². The number of carbonyl (C=O) groups is 1. The minimum Gasteiger partial charge on any atom is -0.490 e. The number of methoxy groups -OCH3 is 1. The molecule has 0 saturated carbocycles. The van der Waals surface area contributed by atoms with Crippen molar-refractivity contribution in [3.63, 3.8) is 0 Å². The number of benzene rings is 1. The molecule has 0 aliphatic carbocycles. The fourth-order valence-corrected chi connectivity index (χ4v) is 3.41. The van der Waals surface area contributed by atoms with E-state index in [0.717, 1.165) is 5.56 Å². The van der Waals surface area contributed by atoms with Gasteiger partial charge in [-0.3, -0.25) is 4.79 Å². The monoisotopic (exact) mass is 407 g/mol. The Morgan fingerprint density at radius 3 is 2.18 bits per heavy atom. The summed E-state index contributed by atoms with van der Waals surface area (Å²) in [5, 5.41) is 4.05. The fourth-order valence-electron chi connectivity index (χ4n) is 2.75. The van der Waals surface area contributed by atoms with Gasteiger partial charge in [0.05, 0.1) is 26.4 Å². The Balaban J connectivity index is 2.38. The highest BCUT2D eigenvalue weighted by Gasteiger charge is 2.22. The van der Waals surface area contributed by atoms with E-state index in [-0.39, 0.29) is 5.91 Å². The predicted molar refractivity (Wildman–Crippen MR) is 111 cm³/mol. The van der Waals surface area contributed by atoms with Crippen molar-refractivity contribution in [2.75, 3.05) is 40.1 Å². The van der Waals surface area contributed by atoms with E-state index in [1.807, 2.05) is 37.6 Å². The molecule has 7 heteroatoms. The molecule has 2 rings (SSSR count). The summed E-state index contributed by atoms with van der Waals surface area (Å²) in [7, 11) is 1.63. The molecule has 0 radical (unpaired) electrons. The Labute approximate surface area is 171 Å². The number of nitrogens with zero attached hydrogens (tertiary/aromatic N) is 1. The van der Waals surface area contributed by atoms with Gasteiger partial charge in [-0.1, -0.05) is 0 Å². The van der Waals surface area contributed by atoms with Gasteiger partial charge < -0.3 is 23.8 Å². The maximum absolute atomic E-state index is 13.3. The lowest BCUT2D eigenvalue weighted by Crippen LogP contribution is -2.33. The minimum absolute atomic E-state index is 0.104. The predicted octanol–water partition coefficient (Wildman–Crippen LogP) is 4.23. The van der Waals surface area contributed by atoms with Gasteiger partial charge in [0.1, 0.15) is 0 Å². The van der Waals surface area contributed by atoms with Crippen LogP contribution in [0.25, 0.3) is 0 Å². The van der Waals surface area contributed by atoms with Crippen molar-refractivity contribution in [1.82, 2.24) is 4.90 Å². The highest BCUT2D eigenvalue weighted by atomic mass is 32.1. The van der Waals surface area contributed by atoms with Gasteiger partial charge in [-0.05, 0) is 55.3 Å². The highest BCUT2D eigenvalue weighted by Crippen LogP contribution is 2.39. The lowest BCUT2D eigenvalue weighted by molar-refractivity contribution is 0.0679. The second-order valence-electron chi connectivity index (χ2n) is 5.95. The van der Waals surface area contributed by atoms with E-state index in [1.54, 1.807) is 35.5 Å². The van der Waals surface area contributed by atoms with Crippen molar-refractivity contribution in [2.24, 2.45) is 0 Å². The fraction of sp³-hybridized carbons (Fsp3) is 0.476. The van der Waals surface area contributed by atoms with E-state index in [0.29, 0.717) is 62.3 Å². The molecular formula is C21H29NO5S. The summed E-state index contributed by atoms with van der Waals surface area (Å²) in [6.07, 6.45) is 0. The van der Waals surface area contributed by atoms with E-state index in [2.05, 4.69) is 0 Å². The van der Waals surface area contributed by atoms with Crippen LogP contribution in [0.2, 0.25) is 0 Å². The molecule has 1 aromatic heterocycles. The third-order valence-electron chi connectivity index (χ3n) is 3.96. The summed E-state index contributed by atoms with van der Waals surface area (Å²) in [6.45, 7) is 8.57. The third kappa shape index (κ3) is 5.87. The standard InChI is InChI=1S/C21H29NO5S/c1-5-25-18-12-17(13-19(26-6-2)20(18)27-7-3)21(23)22(9-10-24-4)14-16-8-11-28-15-16/h8,11-13,15H,5-7,9-10,14H2,1-4H3. The molecule has 1 heterocycles. The second-order valence-corrected chi connectivity index (χ2v) is 6.73. The van der Waals surface area contributed by atoms with Crippen molar-refractivity contribution in [3.05, 3.63) is 40.1 Å². The Kier molecular flexibility index (Phi) is 9.10. The summed E-state index contributed by atoms with van der Waals surface area (Å²) in [5.41, 5.74) is 1.59. The molecule has 1 amide bonds. The van der Waals surface area contributed by atoms with Crippen LogP contribution in [0.4, 0.5) is 0 Å². The molecule has 0 N–H and O–H groups in total. The zero-order chi connectivity index (χ0) is 20.4. The van der Waals surface area contributed by atoms with Crippen LogP contribution in [0, 0.1) is 0 Å². The molecule has 0 saturated heterocycles. The van der Waals surface area contributed by atoms with Gasteiger partial charge in [-0.2, -0.15) is 11.3 Å². The molecule has 0 bridgehead atoms. The van der Waals surface area contributed by atoms with E-state index >= 15 is 0 Å². The number of ether oxygens (including phenoxy) is 4. The van der Waals surface area contributed by atoms with Gasteiger partial charge in [0, 0.05) is 25.8 Å². The molecule has 2 aromatic rings. The van der Waals surface area contributed by atoms with Crippen LogP contribution in [0.5, 0.6) is 17.2 Å². The maximum atomic E-state index is 13.3. The average molecular weight is 408 g/mol. The van der Waals surface area contributed by atoms with Gasteiger partial charge in [-0.25, -0.2) is 0 Å². The molecule has 0 spiro atoms. The second kappa shape index (κ2) is 11.6. The summed E-state index contributed by atoms with van der Waals surface area (Å²) in [6, 6.07) is 5.48. The van der Waals surface area contributed by atoms with Crippen molar-refractivity contribution in [3.8, 4) is 17.2 Å². The number of hydrogen-bond donors (Lipinski definition) is 0. The first kappa shape index (κ1) is 22.0. The number of thiophene rings is 1. The Morgan fingerprint density at radius 2 is 1.68 bits per heavy atom. The summed E-state index contributed by atoms with van der Waals surface area (Å²) >= 11 is 1.61. The van der Waals surface area contributed by atoms with Gasteiger partial charge >= 0.3 is 0 Å². The number of amides is 1. The minimum atomic E-state index is -0.104. The quantitative estimate of drug-likeness (QED) is 0.527. The van der Waals surface area contributed by atoms with Gasteiger partial charge in [0.2, 0.25) is 5.75 Å². The lowest BCUT2D eigenvalue weighted by atomic mass is 10.1. The Hall–Kier alpha value is -2.25. The topological polar surface area (TPSA) is 57.2 Å². The van der Waals surface area contributed by atoms with Crippen LogP contribution >= 0.6 is 11.3 Å². The van der Waals surface area contributed by atoms with Crippen LogP contribution in [-0.2, 0) is 11.3 Å². The molecule has 154 valence electrons. The van der Waals surface area contributed by atoms with Gasteiger partial charge in [0.25, 0.3) is 5.91 Å². The largest absolute Gasteiger partial charge is 0.490 e. The van der Waals surface area contributed by atoms with Crippen LogP contribution in [0.1, 0.15) is 36.7 Å². The summed E-state index contributed by atoms with van der Waals surface area (Å²) < 4.78 is 22.4. The van der Waals surface area contributed by atoms with E-state index < -0.39 is 0 Å². The number of rotatable bonds is 12. The first-order valence-electron chi connectivity index (χ1n) is 9.50. The number of hydrogen-bond acceptors (Lipinski definition) is 6. The van der Waals surface area contributed by atoms with Gasteiger partial charge in [0.15, 0.2) is 11.5 Å². The van der Waals surface area contributed by atoms with E-state index in [1.165, 1.54) is 0 Å². The summed E-state index contributed by atoms with van der Waals surface area (Å²) in [4.78, 5) is 15.1. The molecule has 6 nitrogen and oxygen atoms in total. The van der Waals surface area contributed by atoms with E-state index in [4.69, 9.17) is 18.9 Å². The van der Waals surface area contributed by atoms with Crippen LogP contribution in [0.15, 0.2) is 29.0 Å². The van der Waals surface area contributed by atoms with Crippen molar-refractivity contribution < 1.29 is 23.7 Å². The van der Waals surface area contributed by atoms with Crippen LogP contribution in [-0.4, -0.2) is 50.9 Å².